The molecule has 4 aromatic rings. The summed E-state index contributed by atoms with van der Waals surface area (Å²) in [6.45, 7) is 7.04. The van der Waals surface area contributed by atoms with Gasteiger partial charge in [-0.25, -0.2) is 14.6 Å². The van der Waals surface area contributed by atoms with E-state index in [2.05, 4.69) is 36.1 Å². The van der Waals surface area contributed by atoms with E-state index in [0.717, 1.165) is 41.2 Å². The molecule has 2 aromatic carbocycles. The van der Waals surface area contributed by atoms with Gasteiger partial charge < -0.3 is 14.4 Å². The van der Waals surface area contributed by atoms with E-state index in [1.54, 1.807) is 13.4 Å². The van der Waals surface area contributed by atoms with Crippen molar-refractivity contribution in [3.05, 3.63) is 89.0 Å². The Hall–Kier alpha value is -3.71. The molecule has 180 valence electrons. The first-order valence-corrected chi connectivity index (χ1v) is 12.0. The average molecular weight is 470 g/mol. The molecule has 5 rings (SSSR count). The van der Waals surface area contributed by atoms with Crippen molar-refractivity contribution in [2.75, 3.05) is 7.11 Å². The minimum Gasteiger partial charge on any atom is -0.495 e. The maximum atomic E-state index is 11.7. The predicted octanol–water partition coefficient (Wildman–Crippen LogP) is 5.10. The van der Waals surface area contributed by atoms with Crippen molar-refractivity contribution in [1.82, 2.24) is 24.3 Å². The molecular weight excluding hydrogens is 438 g/mol. The molecular formula is C28H31N5O2. The van der Waals surface area contributed by atoms with Gasteiger partial charge in [-0.3, -0.25) is 0 Å². The summed E-state index contributed by atoms with van der Waals surface area (Å²) < 4.78 is 9.40. The van der Waals surface area contributed by atoms with Crippen LogP contribution in [0.4, 0.5) is 0 Å². The molecule has 0 saturated carbocycles. The minimum atomic E-state index is -1.14. The zero-order chi connectivity index (χ0) is 24.6. The van der Waals surface area contributed by atoms with Gasteiger partial charge in [-0.2, -0.15) is 5.10 Å². The van der Waals surface area contributed by atoms with Crippen LogP contribution in [0.15, 0.2) is 55.0 Å². The molecule has 1 N–H and O–H groups in total. The minimum absolute atomic E-state index is 0.446. The standard InChI is InChI=1S/C28H31N5O2/c1-19(2)22-8-10-23(11-9-22)28(34)14-5-15-33-27(28)30-26(31-33)13-7-21-6-12-24(25(16-21)35-4)32-17-20(3)29-18-32/h6-13,16-19,34H,5,14-15H2,1-4H3/b13-7+/t28-/m0/s1. The lowest BCUT2D eigenvalue weighted by Gasteiger charge is -2.32. The Morgan fingerprint density at radius 1 is 1.11 bits per heavy atom. The lowest BCUT2D eigenvalue weighted by atomic mass is 9.85. The van der Waals surface area contributed by atoms with Crippen LogP contribution in [0.3, 0.4) is 0 Å². The number of aryl methyl sites for hydroxylation is 2. The van der Waals surface area contributed by atoms with Crippen molar-refractivity contribution in [3.8, 4) is 11.4 Å². The second-order valence-electron chi connectivity index (χ2n) is 9.44. The van der Waals surface area contributed by atoms with Crippen molar-refractivity contribution < 1.29 is 9.84 Å². The zero-order valence-electron chi connectivity index (χ0n) is 20.6. The van der Waals surface area contributed by atoms with E-state index in [1.165, 1.54) is 5.56 Å². The van der Waals surface area contributed by atoms with Crippen LogP contribution in [0.2, 0.25) is 0 Å². The Labute approximate surface area is 205 Å². The molecule has 1 aliphatic heterocycles. The van der Waals surface area contributed by atoms with Crippen molar-refractivity contribution in [1.29, 1.82) is 0 Å². The van der Waals surface area contributed by atoms with Gasteiger partial charge in [0.2, 0.25) is 0 Å². The summed E-state index contributed by atoms with van der Waals surface area (Å²) in [5.74, 6) is 2.37. The second-order valence-corrected chi connectivity index (χ2v) is 9.44. The number of nitrogens with zero attached hydrogens (tertiary/aromatic N) is 5. The zero-order valence-corrected chi connectivity index (χ0v) is 20.6. The maximum absolute atomic E-state index is 11.7. The molecule has 35 heavy (non-hydrogen) atoms. The van der Waals surface area contributed by atoms with Crippen LogP contribution >= 0.6 is 0 Å². The third kappa shape index (κ3) is 4.39. The summed E-state index contributed by atoms with van der Waals surface area (Å²) >= 11 is 0. The summed E-state index contributed by atoms with van der Waals surface area (Å²) in [4.78, 5) is 9.03. The smallest absolute Gasteiger partial charge is 0.174 e. The van der Waals surface area contributed by atoms with Gasteiger partial charge in [-0.1, -0.05) is 50.3 Å². The molecule has 0 bridgehead atoms. The molecule has 1 aliphatic rings. The first kappa shape index (κ1) is 23.1. The molecule has 0 saturated heterocycles. The molecule has 0 spiro atoms. The average Bonchev–Trinajstić information content (AvgIpc) is 3.49. The number of hydrogen-bond donors (Lipinski definition) is 1. The Balaban J connectivity index is 1.42. The van der Waals surface area contributed by atoms with Gasteiger partial charge in [0.15, 0.2) is 11.6 Å². The molecule has 0 unspecified atom stereocenters. The lowest BCUT2D eigenvalue weighted by molar-refractivity contribution is 0.0395. The Morgan fingerprint density at radius 3 is 2.60 bits per heavy atom. The number of aromatic nitrogens is 5. The fourth-order valence-corrected chi connectivity index (χ4v) is 4.64. The number of hydrogen-bond acceptors (Lipinski definition) is 5. The highest BCUT2D eigenvalue weighted by molar-refractivity contribution is 5.69. The molecule has 2 aromatic heterocycles. The number of imidazole rings is 1. The molecule has 7 nitrogen and oxygen atoms in total. The van der Waals surface area contributed by atoms with Gasteiger partial charge in [-0.15, -0.1) is 0 Å². The van der Waals surface area contributed by atoms with Crippen molar-refractivity contribution in [3.63, 3.8) is 0 Å². The summed E-state index contributed by atoms with van der Waals surface area (Å²) in [5.41, 5.74) is 3.82. The summed E-state index contributed by atoms with van der Waals surface area (Å²) in [5, 5.41) is 16.3. The highest BCUT2D eigenvalue weighted by Gasteiger charge is 2.39. The van der Waals surface area contributed by atoms with Gasteiger partial charge >= 0.3 is 0 Å². The van der Waals surface area contributed by atoms with E-state index in [1.807, 2.05) is 64.9 Å². The predicted molar refractivity (Wildman–Crippen MR) is 137 cm³/mol. The third-order valence-corrected chi connectivity index (χ3v) is 6.64. The molecule has 0 fully saturated rings. The van der Waals surface area contributed by atoms with Crippen molar-refractivity contribution in [2.45, 2.75) is 51.7 Å². The summed E-state index contributed by atoms with van der Waals surface area (Å²) in [6.07, 6.45) is 9.05. The lowest BCUT2D eigenvalue weighted by Crippen LogP contribution is -2.35. The number of benzene rings is 2. The molecule has 1 atom stereocenters. The highest BCUT2D eigenvalue weighted by Crippen LogP contribution is 2.37. The number of methoxy groups -OCH3 is 1. The maximum Gasteiger partial charge on any atom is 0.174 e. The highest BCUT2D eigenvalue weighted by atomic mass is 16.5. The Bertz CT molecular complexity index is 1370. The fourth-order valence-electron chi connectivity index (χ4n) is 4.64. The van der Waals surface area contributed by atoms with Crippen molar-refractivity contribution >= 4 is 12.2 Å². The van der Waals surface area contributed by atoms with E-state index < -0.39 is 5.60 Å². The van der Waals surface area contributed by atoms with E-state index >= 15 is 0 Å². The van der Waals surface area contributed by atoms with Crippen LogP contribution in [0.1, 0.15) is 66.6 Å². The number of fused-ring (bicyclic) bond motifs is 1. The second kappa shape index (κ2) is 9.15. The molecule has 0 radical (unpaired) electrons. The van der Waals surface area contributed by atoms with Crippen molar-refractivity contribution in [2.24, 2.45) is 0 Å². The normalized spacial score (nSPS) is 17.8. The largest absolute Gasteiger partial charge is 0.495 e. The quantitative estimate of drug-likeness (QED) is 0.425. The number of rotatable bonds is 6. The monoisotopic (exact) mass is 469 g/mol. The van der Waals surface area contributed by atoms with Gasteiger partial charge in [0.1, 0.15) is 11.4 Å². The topological polar surface area (TPSA) is 78.0 Å². The first-order valence-electron chi connectivity index (χ1n) is 12.0. The Morgan fingerprint density at radius 2 is 1.91 bits per heavy atom. The summed E-state index contributed by atoms with van der Waals surface area (Å²) in [7, 11) is 1.66. The van der Waals surface area contributed by atoms with Crippen LogP contribution in [0.5, 0.6) is 5.75 Å². The van der Waals surface area contributed by atoms with Crippen LogP contribution in [-0.2, 0) is 12.1 Å². The van der Waals surface area contributed by atoms with Gasteiger partial charge in [0.25, 0.3) is 0 Å². The first-order chi connectivity index (χ1) is 16.9. The molecule has 0 aliphatic carbocycles. The van der Waals surface area contributed by atoms with Crippen LogP contribution < -0.4 is 4.74 Å². The van der Waals surface area contributed by atoms with Crippen LogP contribution in [0, 0.1) is 6.92 Å². The summed E-state index contributed by atoms with van der Waals surface area (Å²) in [6, 6.07) is 14.2. The number of ether oxygens (including phenoxy) is 1. The van der Waals surface area contributed by atoms with Crippen LogP contribution in [0.25, 0.3) is 17.8 Å². The van der Waals surface area contributed by atoms with Crippen LogP contribution in [-0.4, -0.2) is 36.5 Å². The molecule has 7 heteroatoms. The van der Waals surface area contributed by atoms with E-state index in [0.29, 0.717) is 24.0 Å². The Kier molecular flexibility index (Phi) is 6.03. The van der Waals surface area contributed by atoms with Gasteiger partial charge in [-0.05, 0) is 60.6 Å². The molecule has 3 heterocycles. The van der Waals surface area contributed by atoms with Gasteiger partial charge in [0, 0.05) is 12.7 Å². The number of aliphatic hydroxyl groups is 1. The van der Waals surface area contributed by atoms with E-state index in [4.69, 9.17) is 9.72 Å². The third-order valence-electron chi connectivity index (χ3n) is 6.64. The molecule has 0 amide bonds. The van der Waals surface area contributed by atoms with E-state index in [-0.39, 0.29) is 0 Å². The SMILES string of the molecule is COc1cc(/C=C/c2nc3n(n2)CCC[C@]3(O)c2ccc(C(C)C)cc2)ccc1-n1cnc(C)c1. The fraction of sp³-hybridized carbons (Fsp3) is 0.321. The van der Waals surface area contributed by atoms with Gasteiger partial charge in [0.05, 0.1) is 24.8 Å². The van der Waals surface area contributed by atoms with E-state index in [9.17, 15) is 5.11 Å².